The molecular weight excluding hydrogens is 216 g/mol. The average molecular weight is 242 g/mol. The molecule has 0 aromatic carbocycles. The van der Waals surface area contributed by atoms with E-state index in [0.29, 0.717) is 6.04 Å². The third kappa shape index (κ3) is 4.28. The highest BCUT2D eigenvalue weighted by Gasteiger charge is 2.25. The summed E-state index contributed by atoms with van der Waals surface area (Å²) >= 11 is 0. The summed E-state index contributed by atoms with van der Waals surface area (Å²) in [5, 5.41) is 0. The lowest BCUT2D eigenvalue weighted by atomic mass is 9.93. The van der Waals surface area contributed by atoms with Crippen LogP contribution in [-0.2, 0) is 9.53 Å². The molecule has 0 aliphatic heterocycles. The van der Waals surface area contributed by atoms with E-state index < -0.39 is 0 Å². The monoisotopic (exact) mass is 242 g/mol. The zero-order valence-electron chi connectivity index (χ0n) is 11.3. The standard InChI is InChI=1S/C13H26N2O2/c1-4-15(5-2)13(16)10(3)17-12-8-6-11(14)7-9-12/h10-12H,4-9,14H2,1-3H3. The fourth-order valence-electron chi connectivity index (χ4n) is 2.36. The van der Waals surface area contributed by atoms with Crippen molar-refractivity contribution in [2.75, 3.05) is 13.1 Å². The highest BCUT2D eigenvalue weighted by Crippen LogP contribution is 2.21. The summed E-state index contributed by atoms with van der Waals surface area (Å²) in [5.41, 5.74) is 5.85. The largest absolute Gasteiger partial charge is 0.365 e. The fourth-order valence-corrected chi connectivity index (χ4v) is 2.36. The van der Waals surface area contributed by atoms with E-state index >= 15 is 0 Å². The number of hydrogen-bond donors (Lipinski definition) is 1. The Morgan fingerprint density at radius 3 is 2.29 bits per heavy atom. The van der Waals surface area contributed by atoms with Gasteiger partial charge in [0.2, 0.25) is 0 Å². The Morgan fingerprint density at radius 1 is 1.29 bits per heavy atom. The third-order valence-electron chi connectivity index (χ3n) is 3.54. The number of carbonyl (C=O) groups excluding carboxylic acids is 1. The van der Waals surface area contributed by atoms with E-state index in [2.05, 4.69) is 0 Å². The second-order valence-corrected chi connectivity index (χ2v) is 4.83. The molecule has 2 N–H and O–H groups in total. The van der Waals surface area contributed by atoms with Crippen LogP contribution in [0.15, 0.2) is 0 Å². The lowest BCUT2D eigenvalue weighted by Gasteiger charge is -2.30. The molecule has 0 saturated heterocycles. The van der Waals surface area contributed by atoms with Gasteiger partial charge in [-0.2, -0.15) is 0 Å². The van der Waals surface area contributed by atoms with Crippen LogP contribution < -0.4 is 5.73 Å². The van der Waals surface area contributed by atoms with Crippen LogP contribution in [-0.4, -0.2) is 42.1 Å². The molecule has 0 bridgehead atoms. The Labute approximate surface area is 104 Å². The first-order chi connectivity index (χ1) is 8.08. The van der Waals surface area contributed by atoms with Crippen molar-refractivity contribution in [3.63, 3.8) is 0 Å². The number of ether oxygens (including phenoxy) is 1. The topological polar surface area (TPSA) is 55.6 Å². The van der Waals surface area contributed by atoms with E-state index in [0.717, 1.165) is 38.8 Å². The van der Waals surface area contributed by atoms with Crippen molar-refractivity contribution in [2.45, 2.75) is 64.7 Å². The summed E-state index contributed by atoms with van der Waals surface area (Å²) in [5.74, 6) is 0.102. The van der Waals surface area contributed by atoms with Crippen LogP contribution in [0.1, 0.15) is 46.5 Å². The Kier molecular flexibility index (Phi) is 5.92. The molecule has 0 radical (unpaired) electrons. The van der Waals surface area contributed by atoms with Crippen molar-refractivity contribution in [1.82, 2.24) is 4.90 Å². The highest BCUT2D eigenvalue weighted by atomic mass is 16.5. The number of nitrogens with zero attached hydrogens (tertiary/aromatic N) is 1. The highest BCUT2D eigenvalue weighted by molar-refractivity contribution is 5.80. The molecule has 1 aliphatic rings. The predicted molar refractivity (Wildman–Crippen MR) is 68.7 cm³/mol. The SMILES string of the molecule is CCN(CC)C(=O)C(C)OC1CCC(N)CC1. The van der Waals surface area contributed by atoms with Gasteiger partial charge in [0.25, 0.3) is 5.91 Å². The number of carbonyl (C=O) groups is 1. The number of amides is 1. The Bertz CT molecular complexity index is 234. The minimum atomic E-state index is -0.325. The van der Waals surface area contributed by atoms with Crippen LogP contribution in [0.5, 0.6) is 0 Å². The zero-order chi connectivity index (χ0) is 12.8. The van der Waals surface area contributed by atoms with Crippen LogP contribution in [0, 0.1) is 0 Å². The van der Waals surface area contributed by atoms with Crippen LogP contribution in [0.3, 0.4) is 0 Å². The summed E-state index contributed by atoms with van der Waals surface area (Å²) < 4.78 is 5.84. The van der Waals surface area contributed by atoms with E-state index in [1.165, 1.54) is 0 Å². The molecule has 1 atom stereocenters. The van der Waals surface area contributed by atoms with Gasteiger partial charge in [-0.1, -0.05) is 0 Å². The average Bonchev–Trinajstić information content (AvgIpc) is 2.33. The molecule has 1 unspecified atom stereocenters. The summed E-state index contributed by atoms with van der Waals surface area (Å²) in [7, 11) is 0. The molecule has 0 aromatic rings. The molecule has 1 rings (SSSR count). The fraction of sp³-hybridized carbons (Fsp3) is 0.923. The van der Waals surface area contributed by atoms with Gasteiger partial charge in [0.05, 0.1) is 6.10 Å². The first-order valence-electron chi connectivity index (χ1n) is 6.78. The molecule has 0 heterocycles. The first kappa shape index (κ1) is 14.5. The molecule has 0 spiro atoms. The van der Waals surface area contributed by atoms with Crippen LogP contribution in [0.4, 0.5) is 0 Å². The van der Waals surface area contributed by atoms with Gasteiger partial charge >= 0.3 is 0 Å². The maximum atomic E-state index is 12.0. The zero-order valence-corrected chi connectivity index (χ0v) is 11.3. The first-order valence-corrected chi connectivity index (χ1v) is 6.78. The van der Waals surface area contributed by atoms with Gasteiger partial charge < -0.3 is 15.4 Å². The van der Waals surface area contributed by atoms with E-state index in [9.17, 15) is 4.79 Å². The van der Waals surface area contributed by atoms with Gasteiger partial charge in [0.1, 0.15) is 6.10 Å². The Hall–Kier alpha value is -0.610. The molecule has 100 valence electrons. The van der Waals surface area contributed by atoms with Crippen molar-refractivity contribution in [1.29, 1.82) is 0 Å². The predicted octanol–water partition coefficient (Wildman–Crippen LogP) is 1.53. The molecule has 1 amide bonds. The molecule has 1 saturated carbocycles. The molecule has 4 nitrogen and oxygen atoms in total. The lowest BCUT2D eigenvalue weighted by Crippen LogP contribution is -2.41. The van der Waals surface area contributed by atoms with Crippen LogP contribution in [0.25, 0.3) is 0 Å². The van der Waals surface area contributed by atoms with E-state index in [4.69, 9.17) is 10.5 Å². The molecule has 4 heteroatoms. The van der Waals surface area contributed by atoms with E-state index in [1.54, 1.807) is 0 Å². The van der Waals surface area contributed by atoms with Crippen molar-refractivity contribution in [2.24, 2.45) is 5.73 Å². The van der Waals surface area contributed by atoms with Crippen molar-refractivity contribution in [3.05, 3.63) is 0 Å². The normalized spacial score (nSPS) is 26.6. The lowest BCUT2D eigenvalue weighted by molar-refractivity contribution is -0.147. The molecule has 1 aliphatic carbocycles. The summed E-state index contributed by atoms with van der Waals surface area (Å²) in [4.78, 5) is 13.8. The van der Waals surface area contributed by atoms with E-state index in [1.807, 2.05) is 25.7 Å². The van der Waals surface area contributed by atoms with Crippen molar-refractivity contribution >= 4 is 5.91 Å². The number of likely N-dealkylation sites (N-methyl/N-ethyl adjacent to an activating group) is 1. The summed E-state index contributed by atoms with van der Waals surface area (Å²) in [6, 6.07) is 0.323. The number of hydrogen-bond acceptors (Lipinski definition) is 3. The maximum Gasteiger partial charge on any atom is 0.251 e. The number of nitrogens with two attached hydrogens (primary N) is 1. The molecule has 1 fully saturated rings. The van der Waals surface area contributed by atoms with Gasteiger partial charge in [-0.3, -0.25) is 4.79 Å². The van der Waals surface area contributed by atoms with E-state index in [-0.39, 0.29) is 18.1 Å². The van der Waals surface area contributed by atoms with Crippen LogP contribution in [0.2, 0.25) is 0 Å². The Morgan fingerprint density at radius 2 is 1.82 bits per heavy atom. The maximum absolute atomic E-state index is 12.0. The molecule has 17 heavy (non-hydrogen) atoms. The van der Waals surface area contributed by atoms with Gasteiger partial charge in [-0.25, -0.2) is 0 Å². The second kappa shape index (κ2) is 6.97. The summed E-state index contributed by atoms with van der Waals surface area (Å²) in [6.07, 6.45) is 3.88. The quantitative estimate of drug-likeness (QED) is 0.795. The van der Waals surface area contributed by atoms with Gasteiger partial charge in [0, 0.05) is 19.1 Å². The Balaban J connectivity index is 2.37. The number of rotatable bonds is 5. The molecule has 0 aromatic heterocycles. The van der Waals surface area contributed by atoms with Gasteiger partial charge in [-0.15, -0.1) is 0 Å². The third-order valence-corrected chi connectivity index (χ3v) is 3.54. The minimum Gasteiger partial charge on any atom is -0.365 e. The summed E-state index contributed by atoms with van der Waals surface area (Å²) in [6.45, 7) is 7.34. The smallest absolute Gasteiger partial charge is 0.251 e. The van der Waals surface area contributed by atoms with Gasteiger partial charge in [-0.05, 0) is 46.5 Å². The van der Waals surface area contributed by atoms with Crippen LogP contribution >= 0.6 is 0 Å². The van der Waals surface area contributed by atoms with Crippen molar-refractivity contribution < 1.29 is 9.53 Å². The van der Waals surface area contributed by atoms with Gasteiger partial charge in [0.15, 0.2) is 0 Å². The second-order valence-electron chi connectivity index (χ2n) is 4.83. The minimum absolute atomic E-state index is 0.102. The molecular formula is C13H26N2O2. The van der Waals surface area contributed by atoms with Crippen molar-refractivity contribution in [3.8, 4) is 0 Å².